The zero-order chi connectivity index (χ0) is 18.4. The number of benzene rings is 2. The number of anilines is 1. The number of carbonyl (C=O) groups is 2. The lowest BCUT2D eigenvalue weighted by Gasteiger charge is -2.25. The van der Waals surface area contributed by atoms with Crippen molar-refractivity contribution in [2.75, 3.05) is 11.9 Å². The Kier molecular flexibility index (Phi) is 5.50. The SMILES string of the molecule is CC(C)(CNC(=O)C(=O)Nc1cccc(C#N)c1)c1ccc(F)cc1. The lowest BCUT2D eigenvalue weighted by atomic mass is 9.84. The van der Waals surface area contributed by atoms with Gasteiger partial charge >= 0.3 is 11.8 Å². The Morgan fingerprint density at radius 3 is 2.44 bits per heavy atom. The molecule has 0 aliphatic heterocycles. The topological polar surface area (TPSA) is 82.0 Å². The minimum absolute atomic E-state index is 0.211. The van der Waals surface area contributed by atoms with Gasteiger partial charge in [-0.2, -0.15) is 5.26 Å². The highest BCUT2D eigenvalue weighted by molar-refractivity contribution is 6.39. The summed E-state index contributed by atoms with van der Waals surface area (Å²) >= 11 is 0. The zero-order valence-electron chi connectivity index (χ0n) is 14.0. The summed E-state index contributed by atoms with van der Waals surface area (Å²) in [7, 11) is 0. The van der Waals surface area contributed by atoms with Gasteiger partial charge in [0.05, 0.1) is 11.6 Å². The van der Waals surface area contributed by atoms with Crippen LogP contribution in [0.15, 0.2) is 48.5 Å². The molecule has 0 bridgehead atoms. The Bertz CT molecular complexity index is 823. The number of halogens is 1. The molecule has 0 spiro atoms. The van der Waals surface area contributed by atoms with E-state index in [4.69, 9.17) is 5.26 Å². The summed E-state index contributed by atoms with van der Waals surface area (Å²) in [5.74, 6) is -1.93. The highest BCUT2D eigenvalue weighted by Gasteiger charge is 2.23. The van der Waals surface area contributed by atoms with Crippen LogP contribution in [0.3, 0.4) is 0 Å². The number of nitriles is 1. The largest absolute Gasteiger partial charge is 0.347 e. The molecule has 2 rings (SSSR count). The van der Waals surface area contributed by atoms with E-state index < -0.39 is 17.2 Å². The molecule has 0 unspecified atom stereocenters. The lowest BCUT2D eigenvalue weighted by Crippen LogP contribution is -2.42. The van der Waals surface area contributed by atoms with Gasteiger partial charge in [-0.3, -0.25) is 9.59 Å². The summed E-state index contributed by atoms with van der Waals surface area (Å²) in [5, 5.41) is 13.9. The third-order valence-electron chi connectivity index (χ3n) is 3.77. The first kappa shape index (κ1) is 18.1. The molecule has 128 valence electrons. The molecule has 6 heteroatoms. The normalized spacial score (nSPS) is 10.6. The van der Waals surface area contributed by atoms with E-state index in [1.165, 1.54) is 18.2 Å². The molecule has 0 fully saturated rings. The van der Waals surface area contributed by atoms with Gasteiger partial charge in [0.1, 0.15) is 5.82 Å². The van der Waals surface area contributed by atoms with Crippen molar-refractivity contribution in [1.82, 2.24) is 5.32 Å². The molecule has 0 heterocycles. The molecule has 2 N–H and O–H groups in total. The van der Waals surface area contributed by atoms with Crippen LogP contribution in [0.4, 0.5) is 10.1 Å². The van der Waals surface area contributed by atoms with Gasteiger partial charge in [-0.25, -0.2) is 4.39 Å². The van der Waals surface area contributed by atoms with Crippen molar-refractivity contribution in [2.45, 2.75) is 19.3 Å². The first-order valence-electron chi connectivity index (χ1n) is 7.67. The Labute approximate surface area is 145 Å². The highest BCUT2D eigenvalue weighted by atomic mass is 19.1. The number of rotatable bonds is 4. The van der Waals surface area contributed by atoms with Gasteiger partial charge in [0.25, 0.3) is 0 Å². The van der Waals surface area contributed by atoms with Crippen molar-refractivity contribution in [3.8, 4) is 6.07 Å². The van der Waals surface area contributed by atoms with Crippen LogP contribution >= 0.6 is 0 Å². The molecule has 25 heavy (non-hydrogen) atoms. The predicted molar refractivity (Wildman–Crippen MR) is 92.2 cm³/mol. The third-order valence-corrected chi connectivity index (χ3v) is 3.77. The van der Waals surface area contributed by atoms with Crippen LogP contribution in [0.2, 0.25) is 0 Å². The predicted octanol–water partition coefficient (Wildman–Crippen LogP) is 2.73. The molecule has 2 aromatic rings. The summed E-state index contributed by atoms with van der Waals surface area (Å²) < 4.78 is 13.0. The minimum Gasteiger partial charge on any atom is -0.347 e. The molecule has 5 nitrogen and oxygen atoms in total. The molecule has 0 atom stereocenters. The van der Waals surface area contributed by atoms with Crippen LogP contribution in [-0.2, 0) is 15.0 Å². The molecular weight excluding hydrogens is 321 g/mol. The van der Waals surface area contributed by atoms with E-state index in [0.717, 1.165) is 5.56 Å². The Morgan fingerprint density at radius 2 is 1.80 bits per heavy atom. The van der Waals surface area contributed by atoms with Crippen LogP contribution in [0.1, 0.15) is 25.0 Å². The molecule has 0 aliphatic rings. The first-order chi connectivity index (χ1) is 11.8. The van der Waals surface area contributed by atoms with E-state index in [1.807, 2.05) is 19.9 Å². The zero-order valence-corrected chi connectivity index (χ0v) is 14.0. The van der Waals surface area contributed by atoms with Gasteiger partial charge in [0, 0.05) is 17.6 Å². The fraction of sp³-hybridized carbons (Fsp3) is 0.211. The lowest BCUT2D eigenvalue weighted by molar-refractivity contribution is -0.136. The standard InChI is InChI=1S/C19H18FN3O2/c1-19(2,14-6-8-15(20)9-7-14)12-22-17(24)18(25)23-16-5-3-4-13(10-16)11-21/h3-10H,12H2,1-2H3,(H,22,24)(H,23,25). The van der Waals surface area contributed by atoms with Gasteiger partial charge in [-0.05, 0) is 35.9 Å². The second-order valence-electron chi connectivity index (χ2n) is 6.22. The van der Waals surface area contributed by atoms with Crippen molar-refractivity contribution in [3.05, 3.63) is 65.5 Å². The van der Waals surface area contributed by atoms with Crippen LogP contribution in [-0.4, -0.2) is 18.4 Å². The van der Waals surface area contributed by atoms with E-state index in [0.29, 0.717) is 11.3 Å². The number of nitrogens with zero attached hydrogens (tertiary/aromatic N) is 1. The van der Waals surface area contributed by atoms with E-state index in [-0.39, 0.29) is 12.4 Å². The second kappa shape index (κ2) is 7.58. The highest BCUT2D eigenvalue weighted by Crippen LogP contribution is 2.22. The Morgan fingerprint density at radius 1 is 1.12 bits per heavy atom. The maximum absolute atomic E-state index is 13.0. The monoisotopic (exact) mass is 339 g/mol. The molecular formula is C19H18FN3O2. The van der Waals surface area contributed by atoms with E-state index in [1.54, 1.807) is 30.3 Å². The van der Waals surface area contributed by atoms with Crippen LogP contribution in [0.5, 0.6) is 0 Å². The number of hydrogen-bond acceptors (Lipinski definition) is 3. The molecule has 2 aromatic carbocycles. The average Bonchev–Trinajstić information content (AvgIpc) is 2.60. The molecule has 0 saturated heterocycles. The number of amides is 2. The quantitative estimate of drug-likeness (QED) is 0.840. The minimum atomic E-state index is -0.815. The fourth-order valence-corrected chi connectivity index (χ4v) is 2.24. The van der Waals surface area contributed by atoms with Crippen LogP contribution in [0, 0.1) is 17.1 Å². The smallest absolute Gasteiger partial charge is 0.313 e. The van der Waals surface area contributed by atoms with Gasteiger partial charge in [-0.15, -0.1) is 0 Å². The number of carbonyl (C=O) groups excluding carboxylic acids is 2. The summed E-state index contributed by atoms with van der Waals surface area (Å²) in [4.78, 5) is 23.9. The van der Waals surface area contributed by atoms with Gasteiger partial charge in [0.15, 0.2) is 0 Å². The molecule has 2 amide bonds. The van der Waals surface area contributed by atoms with Crippen molar-refractivity contribution in [2.24, 2.45) is 0 Å². The first-order valence-corrected chi connectivity index (χ1v) is 7.67. The summed E-state index contributed by atoms with van der Waals surface area (Å²) in [6.45, 7) is 3.98. The number of hydrogen-bond donors (Lipinski definition) is 2. The third kappa shape index (κ3) is 4.88. The summed E-state index contributed by atoms with van der Waals surface area (Å²) in [6.07, 6.45) is 0. The van der Waals surface area contributed by atoms with Crippen molar-refractivity contribution in [3.63, 3.8) is 0 Å². The second-order valence-corrected chi connectivity index (χ2v) is 6.22. The molecule has 0 radical (unpaired) electrons. The maximum atomic E-state index is 13.0. The summed E-state index contributed by atoms with van der Waals surface area (Å²) in [5.41, 5.74) is 1.13. The Hall–Kier alpha value is -3.20. The van der Waals surface area contributed by atoms with Gasteiger partial charge < -0.3 is 10.6 Å². The van der Waals surface area contributed by atoms with E-state index >= 15 is 0 Å². The summed E-state index contributed by atoms with van der Waals surface area (Å²) in [6, 6.07) is 14.2. The maximum Gasteiger partial charge on any atom is 0.313 e. The molecule has 0 saturated carbocycles. The van der Waals surface area contributed by atoms with Crippen LogP contribution < -0.4 is 10.6 Å². The van der Waals surface area contributed by atoms with Crippen molar-refractivity contribution < 1.29 is 14.0 Å². The van der Waals surface area contributed by atoms with Gasteiger partial charge in [-0.1, -0.05) is 32.0 Å². The van der Waals surface area contributed by atoms with Gasteiger partial charge in [0.2, 0.25) is 0 Å². The molecule has 0 aliphatic carbocycles. The molecule has 0 aromatic heterocycles. The van der Waals surface area contributed by atoms with Crippen LogP contribution in [0.25, 0.3) is 0 Å². The van der Waals surface area contributed by atoms with Crippen molar-refractivity contribution >= 4 is 17.5 Å². The average molecular weight is 339 g/mol. The van der Waals surface area contributed by atoms with E-state index in [9.17, 15) is 14.0 Å². The van der Waals surface area contributed by atoms with Crippen molar-refractivity contribution in [1.29, 1.82) is 5.26 Å². The van der Waals surface area contributed by atoms with E-state index in [2.05, 4.69) is 10.6 Å². The fourth-order valence-electron chi connectivity index (χ4n) is 2.24. The number of nitrogens with one attached hydrogen (secondary N) is 2. The Balaban J connectivity index is 1.95.